The number of aliphatic carboxylic acids is 1. The van der Waals surface area contributed by atoms with E-state index in [0.717, 1.165) is 12.0 Å². The Labute approximate surface area is 160 Å². The number of halogens is 1. The number of likely N-dealkylation sites (tertiary alicyclic amines) is 1. The van der Waals surface area contributed by atoms with Gasteiger partial charge in [0.15, 0.2) is 0 Å². The lowest BCUT2D eigenvalue weighted by Gasteiger charge is -2.41. The average Bonchev–Trinajstić information content (AvgIpc) is 3.10. The van der Waals surface area contributed by atoms with Crippen LogP contribution in [0.4, 0.5) is 4.79 Å². The van der Waals surface area contributed by atoms with Gasteiger partial charge in [-0.2, -0.15) is 0 Å². The predicted octanol–water partition coefficient (Wildman–Crippen LogP) is 3.17. The fraction of sp³-hybridized carbons (Fsp3) is 0.611. The van der Waals surface area contributed by atoms with E-state index >= 15 is 0 Å². The molecule has 2 fully saturated rings. The predicted molar refractivity (Wildman–Crippen MR) is 96.7 cm³/mol. The quantitative estimate of drug-likeness (QED) is 0.743. The van der Waals surface area contributed by atoms with Crippen molar-refractivity contribution in [2.45, 2.75) is 50.9 Å². The number of hydrogen-bond donors (Lipinski definition) is 1. The van der Waals surface area contributed by atoms with Crippen molar-refractivity contribution in [1.82, 2.24) is 9.88 Å². The van der Waals surface area contributed by atoms with Crippen LogP contribution in [0, 0.1) is 5.92 Å². The summed E-state index contributed by atoms with van der Waals surface area (Å²) in [6.07, 6.45) is 2.61. The Hall–Kier alpha value is -1.67. The molecule has 0 spiro atoms. The molecule has 1 aromatic rings. The molecule has 1 amide bonds. The van der Waals surface area contributed by atoms with Crippen molar-refractivity contribution >= 4 is 28.0 Å². The van der Waals surface area contributed by atoms with Crippen LogP contribution < -0.4 is 0 Å². The largest absolute Gasteiger partial charge is 0.480 e. The normalized spacial score (nSPS) is 27.6. The number of piperidine rings is 1. The van der Waals surface area contributed by atoms with Crippen molar-refractivity contribution in [3.05, 3.63) is 28.5 Å². The summed E-state index contributed by atoms with van der Waals surface area (Å²) in [4.78, 5) is 29.6. The summed E-state index contributed by atoms with van der Waals surface area (Å²) in [5, 5.41) is 9.11. The van der Waals surface area contributed by atoms with Gasteiger partial charge in [0, 0.05) is 36.7 Å². The first-order valence-corrected chi connectivity index (χ1v) is 9.38. The number of carboxylic acid groups (broad SMARTS) is 1. The maximum absolute atomic E-state index is 12.5. The zero-order valence-electron chi connectivity index (χ0n) is 15.1. The number of pyridine rings is 1. The standard InChI is InChI=1S/C18H23BrN2O5/c1-17(2,3)26-16(24)21-9-11-7-12(21)8-18(11,25-10-14(22)23)13-5-4-6-20-15(13)19/h4-6,11-12H,7-10H2,1-3H3,(H,22,23). The molecule has 2 aliphatic rings. The molecule has 1 aliphatic heterocycles. The molecular formula is C18H23BrN2O5. The molecule has 0 radical (unpaired) electrons. The number of aromatic nitrogens is 1. The molecule has 1 saturated heterocycles. The van der Waals surface area contributed by atoms with Crippen molar-refractivity contribution in [3.63, 3.8) is 0 Å². The lowest BCUT2D eigenvalue weighted by atomic mass is 9.83. The summed E-state index contributed by atoms with van der Waals surface area (Å²) in [6.45, 7) is 5.60. The first kappa shape index (κ1) is 19.1. The van der Waals surface area contributed by atoms with Crippen LogP contribution in [0.3, 0.4) is 0 Å². The van der Waals surface area contributed by atoms with Gasteiger partial charge in [0.1, 0.15) is 22.4 Å². The number of rotatable bonds is 4. The molecule has 8 heteroatoms. The van der Waals surface area contributed by atoms with Gasteiger partial charge in [-0.3, -0.25) is 0 Å². The molecule has 26 heavy (non-hydrogen) atoms. The van der Waals surface area contributed by atoms with E-state index in [1.807, 2.05) is 32.9 Å². The Bertz CT molecular complexity index is 720. The molecule has 0 aromatic carbocycles. The third-order valence-corrected chi connectivity index (χ3v) is 5.54. The van der Waals surface area contributed by atoms with E-state index in [-0.39, 0.29) is 18.1 Å². The van der Waals surface area contributed by atoms with Gasteiger partial charge in [0.05, 0.1) is 0 Å². The summed E-state index contributed by atoms with van der Waals surface area (Å²) in [5.74, 6) is -1.03. The highest BCUT2D eigenvalue weighted by Gasteiger charge is 2.58. The Morgan fingerprint density at radius 1 is 1.46 bits per heavy atom. The van der Waals surface area contributed by atoms with Crippen molar-refractivity contribution in [2.75, 3.05) is 13.2 Å². The highest BCUT2D eigenvalue weighted by Crippen LogP contribution is 2.54. The zero-order valence-corrected chi connectivity index (χ0v) is 16.7. The van der Waals surface area contributed by atoms with E-state index in [2.05, 4.69) is 20.9 Å². The van der Waals surface area contributed by atoms with Gasteiger partial charge in [-0.15, -0.1) is 0 Å². The van der Waals surface area contributed by atoms with E-state index < -0.39 is 23.8 Å². The number of carboxylic acids is 1. The van der Waals surface area contributed by atoms with Crippen LogP contribution in [-0.4, -0.2) is 51.8 Å². The molecule has 3 atom stereocenters. The van der Waals surface area contributed by atoms with Crippen molar-refractivity contribution in [1.29, 1.82) is 0 Å². The summed E-state index contributed by atoms with van der Waals surface area (Å²) in [6, 6.07) is 3.66. The maximum atomic E-state index is 12.5. The van der Waals surface area contributed by atoms with Crippen LogP contribution in [0.5, 0.6) is 0 Å². The Kier molecular flexibility index (Phi) is 5.00. The second-order valence-electron chi connectivity index (χ2n) is 7.84. The van der Waals surface area contributed by atoms with Gasteiger partial charge < -0.3 is 19.5 Å². The molecule has 2 heterocycles. The number of hydrogen-bond acceptors (Lipinski definition) is 5. The van der Waals surface area contributed by atoms with Crippen LogP contribution in [0.15, 0.2) is 22.9 Å². The SMILES string of the molecule is CC(C)(C)OC(=O)N1CC2CC1CC2(OCC(=O)O)c1cccnc1Br. The first-order chi connectivity index (χ1) is 12.1. The lowest BCUT2D eigenvalue weighted by molar-refractivity contribution is -0.157. The van der Waals surface area contributed by atoms with E-state index in [9.17, 15) is 9.59 Å². The first-order valence-electron chi connectivity index (χ1n) is 8.59. The molecule has 142 valence electrons. The summed E-state index contributed by atoms with van der Waals surface area (Å²) >= 11 is 3.46. The zero-order chi connectivity index (χ0) is 19.1. The van der Waals surface area contributed by atoms with Crippen LogP contribution in [0.25, 0.3) is 0 Å². The summed E-state index contributed by atoms with van der Waals surface area (Å²) < 4.78 is 12.1. The minimum atomic E-state index is -1.02. The molecule has 3 rings (SSSR count). The molecule has 3 unspecified atom stereocenters. The van der Waals surface area contributed by atoms with Crippen LogP contribution in [0.2, 0.25) is 0 Å². The number of ether oxygens (including phenoxy) is 2. The van der Waals surface area contributed by atoms with Gasteiger partial charge in [-0.25, -0.2) is 14.6 Å². The fourth-order valence-corrected chi connectivity index (χ4v) is 4.57. The number of carbonyl (C=O) groups is 2. The van der Waals surface area contributed by atoms with Crippen LogP contribution in [-0.2, 0) is 19.9 Å². The van der Waals surface area contributed by atoms with E-state index in [0.29, 0.717) is 17.6 Å². The number of carbonyl (C=O) groups excluding carboxylic acids is 1. The maximum Gasteiger partial charge on any atom is 0.410 e. The fourth-order valence-electron chi connectivity index (χ4n) is 3.99. The van der Waals surface area contributed by atoms with Crippen molar-refractivity contribution in [2.24, 2.45) is 5.92 Å². The smallest absolute Gasteiger partial charge is 0.410 e. The van der Waals surface area contributed by atoms with Crippen LogP contribution >= 0.6 is 15.9 Å². The van der Waals surface area contributed by atoms with Gasteiger partial charge in [-0.1, -0.05) is 6.07 Å². The highest BCUT2D eigenvalue weighted by atomic mass is 79.9. The third kappa shape index (κ3) is 3.57. The minimum absolute atomic E-state index is 0.0140. The topological polar surface area (TPSA) is 89.0 Å². The molecule has 1 aromatic heterocycles. The van der Waals surface area contributed by atoms with Gasteiger partial charge in [-0.05, 0) is 49.2 Å². The Balaban J connectivity index is 1.85. The summed E-state index contributed by atoms with van der Waals surface area (Å²) in [5.41, 5.74) is -0.491. The Morgan fingerprint density at radius 3 is 2.73 bits per heavy atom. The molecule has 1 aliphatic carbocycles. The van der Waals surface area contributed by atoms with Gasteiger partial charge >= 0.3 is 12.1 Å². The average molecular weight is 427 g/mol. The van der Waals surface area contributed by atoms with Gasteiger partial charge in [0.2, 0.25) is 0 Å². The molecule has 1 N–H and O–H groups in total. The molecule has 7 nitrogen and oxygen atoms in total. The second-order valence-corrected chi connectivity index (χ2v) is 8.59. The van der Waals surface area contributed by atoms with Gasteiger partial charge in [0.25, 0.3) is 0 Å². The van der Waals surface area contributed by atoms with Crippen molar-refractivity contribution < 1.29 is 24.2 Å². The summed E-state index contributed by atoms with van der Waals surface area (Å²) in [7, 11) is 0. The number of fused-ring (bicyclic) bond motifs is 2. The minimum Gasteiger partial charge on any atom is -0.480 e. The monoisotopic (exact) mass is 426 g/mol. The molecule has 1 saturated carbocycles. The highest BCUT2D eigenvalue weighted by molar-refractivity contribution is 9.10. The number of nitrogens with zero attached hydrogens (tertiary/aromatic N) is 2. The van der Waals surface area contributed by atoms with E-state index in [1.54, 1.807) is 11.1 Å². The van der Waals surface area contributed by atoms with E-state index in [1.165, 1.54) is 0 Å². The second kappa shape index (κ2) is 6.81. The molecule has 2 bridgehead atoms. The Morgan fingerprint density at radius 2 is 2.19 bits per heavy atom. The van der Waals surface area contributed by atoms with Crippen molar-refractivity contribution in [3.8, 4) is 0 Å². The lowest BCUT2D eigenvalue weighted by Crippen LogP contribution is -2.49. The van der Waals surface area contributed by atoms with E-state index in [4.69, 9.17) is 14.6 Å². The number of amides is 1. The molecular weight excluding hydrogens is 404 g/mol. The van der Waals surface area contributed by atoms with Crippen LogP contribution in [0.1, 0.15) is 39.2 Å². The third-order valence-electron chi connectivity index (χ3n) is 4.91.